The van der Waals surface area contributed by atoms with E-state index in [1.54, 1.807) is 0 Å². The summed E-state index contributed by atoms with van der Waals surface area (Å²) in [6.45, 7) is 22.8. The summed E-state index contributed by atoms with van der Waals surface area (Å²) in [7, 11) is 0. The van der Waals surface area contributed by atoms with E-state index in [1.165, 1.54) is 38.6 Å². The first kappa shape index (κ1) is 44.8. The average molecular weight is 1040 g/mol. The number of fused-ring (bicyclic) bond motifs is 4. The van der Waals surface area contributed by atoms with Crippen molar-refractivity contribution in [3.8, 4) is 16.9 Å². The second-order valence-electron chi connectivity index (χ2n) is 20.4. The van der Waals surface area contributed by atoms with Gasteiger partial charge in [0.2, 0.25) is 0 Å². The molecule has 0 bridgehead atoms. The Bertz CT molecular complexity index is 3200. The minimum Gasteiger partial charge on any atom is -0.493 e. The van der Waals surface area contributed by atoms with Crippen molar-refractivity contribution in [1.82, 2.24) is 9.55 Å². The standard InChI is InChI=1S/C60H56N5.Pt/c1-58(2,3)43-31-32-61-56(36-43)65-52-28-17-16-27-50(52)57-51(60(7,8)9)38-49(39-55(57)65)64(45-23-14-11-15-24-45)47-26-20-25-46(37-47)62-40-63(54-30-19-18-29-53(54)62)48-34-42(41-21-12-10-13-22-41)33-44(35-48)59(4,5)6;/h10-36,38,40H,1-9H3;/q-3;. The summed E-state index contributed by atoms with van der Waals surface area (Å²) < 4.78 is 2.31. The zero-order valence-electron chi connectivity index (χ0n) is 39.3. The van der Waals surface area contributed by atoms with E-state index in [-0.39, 0.29) is 37.3 Å². The molecule has 0 fully saturated rings. The van der Waals surface area contributed by atoms with Crippen LogP contribution >= 0.6 is 0 Å². The minimum atomic E-state index is -0.200. The Balaban J connectivity index is 0.00000548. The summed E-state index contributed by atoms with van der Waals surface area (Å²) in [4.78, 5) is 11.9. The van der Waals surface area contributed by atoms with Crippen molar-refractivity contribution in [2.24, 2.45) is 0 Å². The average Bonchev–Trinajstić information content (AvgIpc) is 3.85. The maximum atomic E-state index is 5.03. The maximum absolute atomic E-state index is 5.03. The van der Waals surface area contributed by atoms with E-state index in [0.717, 1.165) is 56.7 Å². The summed E-state index contributed by atoms with van der Waals surface area (Å²) in [6.07, 6.45) is 1.94. The molecule has 2 aromatic heterocycles. The fraction of sp³-hybridized carbons (Fsp3) is 0.200. The third-order valence-electron chi connectivity index (χ3n) is 12.6. The first-order chi connectivity index (χ1) is 31.1. The SMILES string of the molecule is CC(C)(C)c1cc(-c2ccccc2)cc(N2[CH-]N(c3[c-]c(N(c4[c-]c5c(c(C(C)(C)C)c4)c4ccccc4n5-c4cc(C(C)(C)C)ccn4)c4ccccc4)ccc3)c3ccccc32)c1.[Pt]. The number of pyridine rings is 1. The van der Waals surface area contributed by atoms with E-state index in [2.05, 4.69) is 264 Å². The van der Waals surface area contributed by atoms with Crippen LogP contribution in [0.5, 0.6) is 0 Å². The van der Waals surface area contributed by atoms with Crippen LogP contribution < -0.4 is 14.7 Å². The third kappa shape index (κ3) is 8.24. The number of para-hydroxylation sites is 4. The van der Waals surface area contributed by atoms with Gasteiger partial charge in [-0.2, -0.15) is 6.07 Å². The van der Waals surface area contributed by atoms with Crippen LogP contribution in [0.15, 0.2) is 170 Å². The Kier molecular flexibility index (Phi) is 11.6. The minimum absolute atomic E-state index is 0. The van der Waals surface area contributed by atoms with Gasteiger partial charge in [0.15, 0.2) is 0 Å². The quantitative estimate of drug-likeness (QED) is 0.149. The molecule has 7 aromatic carbocycles. The van der Waals surface area contributed by atoms with Crippen molar-refractivity contribution in [3.63, 3.8) is 0 Å². The smallest absolute Gasteiger partial charge is 0.135 e. The second-order valence-corrected chi connectivity index (χ2v) is 20.4. The normalized spacial score (nSPS) is 13.0. The Morgan fingerprint density at radius 2 is 1.18 bits per heavy atom. The molecule has 3 heterocycles. The Morgan fingerprint density at radius 3 is 1.88 bits per heavy atom. The molecule has 0 atom stereocenters. The summed E-state index contributed by atoms with van der Waals surface area (Å²) >= 11 is 0. The first-order valence-electron chi connectivity index (χ1n) is 22.7. The molecular weight excluding hydrogens is 986 g/mol. The van der Waals surface area contributed by atoms with Crippen LogP contribution in [0.1, 0.15) is 79.0 Å². The summed E-state index contributed by atoms with van der Waals surface area (Å²) in [5.74, 6) is 0.883. The van der Waals surface area contributed by atoms with Gasteiger partial charge in [-0.15, -0.1) is 48.3 Å². The fourth-order valence-corrected chi connectivity index (χ4v) is 9.14. The molecule has 1 aliphatic heterocycles. The molecule has 0 N–H and O–H groups in total. The van der Waals surface area contributed by atoms with Crippen LogP contribution in [-0.2, 0) is 37.3 Å². The molecule has 0 saturated carbocycles. The molecule has 5 nitrogen and oxygen atoms in total. The van der Waals surface area contributed by atoms with Crippen molar-refractivity contribution in [3.05, 3.63) is 205 Å². The van der Waals surface area contributed by atoms with Crippen molar-refractivity contribution >= 4 is 61.6 Å². The summed E-state index contributed by atoms with van der Waals surface area (Å²) in [6, 6.07) is 66.8. The number of hydrogen-bond donors (Lipinski definition) is 0. The number of rotatable bonds is 7. The molecule has 0 saturated heterocycles. The second kappa shape index (κ2) is 17.1. The van der Waals surface area contributed by atoms with E-state index in [9.17, 15) is 0 Å². The molecule has 66 heavy (non-hydrogen) atoms. The van der Waals surface area contributed by atoms with Crippen molar-refractivity contribution < 1.29 is 21.1 Å². The fourth-order valence-electron chi connectivity index (χ4n) is 9.14. The number of aromatic nitrogens is 2. The van der Waals surface area contributed by atoms with Gasteiger partial charge in [-0.25, -0.2) is 4.98 Å². The Hall–Kier alpha value is -6.42. The predicted molar refractivity (Wildman–Crippen MR) is 274 cm³/mol. The van der Waals surface area contributed by atoms with Crippen molar-refractivity contribution in [2.75, 3.05) is 14.7 Å². The molecule has 10 rings (SSSR count). The van der Waals surface area contributed by atoms with E-state index >= 15 is 0 Å². The van der Waals surface area contributed by atoms with Gasteiger partial charge in [0.25, 0.3) is 0 Å². The molecular formula is C60H56N5Pt-3. The molecule has 0 unspecified atom stereocenters. The molecule has 334 valence electrons. The van der Waals surface area contributed by atoms with Crippen LogP contribution in [-0.4, -0.2) is 9.55 Å². The first-order valence-corrected chi connectivity index (χ1v) is 22.7. The van der Waals surface area contributed by atoms with Gasteiger partial charge in [-0.1, -0.05) is 170 Å². The van der Waals surface area contributed by atoms with Gasteiger partial charge < -0.3 is 19.3 Å². The molecule has 0 radical (unpaired) electrons. The number of nitrogens with zero attached hydrogens (tertiary/aromatic N) is 5. The van der Waals surface area contributed by atoms with Gasteiger partial charge in [-0.3, -0.25) is 0 Å². The zero-order chi connectivity index (χ0) is 45.3. The summed E-state index contributed by atoms with van der Waals surface area (Å²) in [5, 5.41) is 2.38. The van der Waals surface area contributed by atoms with Crippen LogP contribution in [0.3, 0.4) is 0 Å². The number of anilines is 7. The molecule has 0 amide bonds. The third-order valence-corrected chi connectivity index (χ3v) is 12.6. The van der Waals surface area contributed by atoms with Crippen LogP contribution in [0.4, 0.5) is 39.8 Å². The molecule has 0 spiro atoms. The zero-order valence-corrected chi connectivity index (χ0v) is 41.6. The van der Waals surface area contributed by atoms with Gasteiger partial charge in [0.1, 0.15) is 5.82 Å². The van der Waals surface area contributed by atoms with E-state index in [4.69, 9.17) is 4.98 Å². The maximum Gasteiger partial charge on any atom is 0.135 e. The van der Waals surface area contributed by atoms with Crippen LogP contribution in [0.2, 0.25) is 0 Å². The monoisotopic (exact) mass is 1040 g/mol. The summed E-state index contributed by atoms with van der Waals surface area (Å²) in [5.41, 5.74) is 15.1. The number of benzene rings is 7. The largest absolute Gasteiger partial charge is 0.493 e. The molecule has 6 heteroatoms. The van der Waals surface area contributed by atoms with Gasteiger partial charge in [-0.05, 0) is 98.5 Å². The Labute approximate surface area is 405 Å². The van der Waals surface area contributed by atoms with Crippen LogP contribution in [0.25, 0.3) is 38.8 Å². The van der Waals surface area contributed by atoms with Crippen molar-refractivity contribution in [1.29, 1.82) is 0 Å². The van der Waals surface area contributed by atoms with E-state index < -0.39 is 0 Å². The number of hydrogen-bond acceptors (Lipinski definition) is 4. The van der Waals surface area contributed by atoms with E-state index in [1.807, 2.05) is 6.20 Å². The predicted octanol–water partition coefficient (Wildman–Crippen LogP) is 16.2. The van der Waals surface area contributed by atoms with Gasteiger partial charge in [0.05, 0.1) is 0 Å². The van der Waals surface area contributed by atoms with Crippen molar-refractivity contribution in [2.45, 2.75) is 78.6 Å². The molecule has 1 aliphatic rings. The molecule has 0 aliphatic carbocycles. The van der Waals surface area contributed by atoms with Crippen LogP contribution in [0, 0.1) is 18.8 Å². The van der Waals surface area contributed by atoms with E-state index in [0.29, 0.717) is 0 Å². The molecule has 9 aromatic rings. The topological polar surface area (TPSA) is 27.5 Å². The van der Waals surface area contributed by atoms with Gasteiger partial charge >= 0.3 is 0 Å². The Morgan fingerprint density at radius 1 is 0.530 bits per heavy atom. The van der Waals surface area contributed by atoms with Gasteiger partial charge in [0, 0.05) is 55.5 Å².